The van der Waals surface area contributed by atoms with Crippen molar-refractivity contribution in [2.24, 2.45) is 5.16 Å². The van der Waals surface area contributed by atoms with Crippen LogP contribution in [-0.2, 0) is 4.84 Å². The molecule has 1 aliphatic rings. The van der Waals surface area contributed by atoms with Crippen molar-refractivity contribution in [1.82, 2.24) is 0 Å². The van der Waals surface area contributed by atoms with Gasteiger partial charge < -0.3 is 9.94 Å². The van der Waals surface area contributed by atoms with Gasteiger partial charge in [0.2, 0.25) is 5.79 Å². The van der Waals surface area contributed by atoms with Gasteiger partial charge in [-0.1, -0.05) is 5.16 Å². The first-order valence-electron chi connectivity index (χ1n) is 2.13. The third-order valence-electron chi connectivity index (χ3n) is 0.794. The van der Waals surface area contributed by atoms with Crippen molar-refractivity contribution in [2.45, 2.75) is 19.1 Å². The van der Waals surface area contributed by atoms with Crippen LogP contribution < -0.4 is 0 Å². The van der Waals surface area contributed by atoms with Crippen molar-refractivity contribution in [1.29, 1.82) is 0 Å². The van der Waals surface area contributed by atoms with Crippen LogP contribution in [0.1, 0.15) is 13.3 Å². The Morgan fingerprint density at radius 1 is 2.00 bits per heavy atom. The van der Waals surface area contributed by atoms with Crippen LogP contribution in [0.3, 0.4) is 0 Å². The zero-order valence-electron chi connectivity index (χ0n) is 4.09. The standard InChI is InChI=1S/C4H7NO2/c1-4(6)2-3-5-7-4/h3,6H,2H2,1H3. The Hall–Kier alpha value is -0.570. The lowest BCUT2D eigenvalue weighted by molar-refractivity contribution is -0.170. The number of hydrogen-bond acceptors (Lipinski definition) is 3. The Balaban J connectivity index is 2.49. The summed E-state index contributed by atoms with van der Waals surface area (Å²) < 4.78 is 0. The number of hydrogen-bond donors (Lipinski definition) is 1. The van der Waals surface area contributed by atoms with E-state index in [9.17, 15) is 0 Å². The molecule has 3 heteroatoms. The van der Waals surface area contributed by atoms with E-state index >= 15 is 0 Å². The van der Waals surface area contributed by atoms with Crippen LogP contribution in [0.4, 0.5) is 0 Å². The number of oxime groups is 1. The van der Waals surface area contributed by atoms with E-state index in [0.717, 1.165) is 0 Å². The van der Waals surface area contributed by atoms with Crippen molar-refractivity contribution in [3.05, 3.63) is 0 Å². The molecule has 7 heavy (non-hydrogen) atoms. The smallest absolute Gasteiger partial charge is 0.236 e. The maximum absolute atomic E-state index is 8.85. The summed E-state index contributed by atoms with van der Waals surface area (Å²) in [6.45, 7) is 1.57. The maximum Gasteiger partial charge on any atom is 0.236 e. The van der Waals surface area contributed by atoms with E-state index in [1.54, 1.807) is 13.1 Å². The van der Waals surface area contributed by atoms with E-state index in [4.69, 9.17) is 5.11 Å². The molecule has 40 valence electrons. The molecule has 0 amide bonds. The largest absolute Gasteiger partial charge is 0.361 e. The molecular weight excluding hydrogens is 94.0 g/mol. The molecular formula is C4H7NO2. The van der Waals surface area contributed by atoms with Crippen LogP contribution in [0.25, 0.3) is 0 Å². The fraction of sp³-hybridized carbons (Fsp3) is 0.750. The van der Waals surface area contributed by atoms with Gasteiger partial charge in [-0.15, -0.1) is 0 Å². The highest BCUT2D eigenvalue weighted by Gasteiger charge is 2.24. The van der Waals surface area contributed by atoms with Crippen LogP contribution in [0.5, 0.6) is 0 Å². The predicted octanol–water partition coefficient (Wildman–Crippen LogP) is 0.101. The highest BCUT2D eigenvalue weighted by Crippen LogP contribution is 2.14. The maximum atomic E-state index is 8.85. The summed E-state index contributed by atoms with van der Waals surface area (Å²) in [4.78, 5) is 4.47. The van der Waals surface area contributed by atoms with Crippen LogP contribution in [0, 0.1) is 0 Å². The molecule has 0 bridgehead atoms. The van der Waals surface area contributed by atoms with Gasteiger partial charge in [0.25, 0.3) is 0 Å². The summed E-state index contributed by atoms with van der Waals surface area (Å²) in [6.07, 6.45) is 2.03. The molecule has 0 aromatic rings. The summed E-state index contributed by atoms with van der Waals surface area (Å²) in [5.41, 5.74) is 0. The van der Waals surface area contributed by atoms with Crippen molar-refractivity contribution >= 4 is 6.21 Å². The van der Waals surface area contributed by atoms with Gasteiger partial charge in [-0.05, 0) is 0 Å². The van der Waals surface area contributed by atoms with Gasteiger partial charge in [-0.25, -0.2) is 0 Å². The van der Waals surface area contributed by atoms with Gasteiger partial charge in [0, 0.05) is 6.92 Å². The van der Waals surface area contributed by atoms with E-state index < -0.39 is 5.79 Å². The minimum Gasteiger partial charge on any atom is -0.361 e. The Labute approximate surface area is 41.6 Å². The summed E-state index contributed by atoms with van der Waals surface area (Å²) in [6, 6.07) is 0. The number of nitrogens with zero attached hydrogens (tertiary/aromatic N) is 1. The lowest BCUT2D eigenvalue weighted by Crippen LogP contribution is -2.21. The quantitative estimate of drug-likeness (QED) is 0.470. The minimum absolute atomic E-state index is 0.493. The average molecular weight is 101 g/mol. The average Bonchev–Trinajstić information content (AvgIpc) is 1.84. The third kappa shape index (κ3) is 0.899. The molecule has 0 spiro atoms. The Kier molecular flexibility index (Phi) is 0.785. The molecule has 3 nitrogen and oxygen atoms in total. The second-order valence-electron chi connectivity index (χ2n) is 1.76. The normalized spacial score (nSPS) is 38.6. The first-order valence-corrected chi connectivity index (χ1v) is 2.13. The van der Waals surface area contributed by atoms with E-state index in [1.165, 1.54) is 0 Å². The molecule has 0 aromatic carbocycles. The molecule has 0 saturated heterocycles. The summed E-state index contributed by atoms with van der Waals surface area (Å²) in [5, 5.41) is 12.2. The zero-order valence-corrected chi connectivity index (χ0v) is 4.09. The third-order valence-corrected chi connectivity index (χ3v) is 0.794. The predicted molar refractivity (Wildman–Crippen MR) is 24.8 cm³/mol. The van der Waals surface area contributed by atoms with Crippen molar-refractivity contribution in [3.63, 3.8) is 0 Å². The zero-order chi connectivity index (χ0) is 5.33. The van der Waals surface area contributed by atoms with Crippen LogP contribution in [0.2, 0.25) is 0 Å². The summed E-state index contributed by atoms with van der Waals surface area (Å²) in [7, 11) is 0. The Morgan fingerprint density at radius 3 is 2.86 bits per heavy atom. The number of aliphatic hydroxyl groups is 1. The van der Waals surface area contributed by atoms with Gasteiger partial charge in [0.05, 0.1) is 12.6 Å². The first-order chi connectivity index (χ1) is 3.21. The lowest BCUT2D eigenvalue weighted by Gasteiger charge is -2.10. The Morgan fingerprint density at radius 2 is 2.71 bits per heavy atom. The second kappa shape index (κ2) is 1.20. The van der Waals surface area contributed by atoms with Gasteiger partial charge >= 0.3 is 0 Å². The fourth-order valence-electron chi connectivity index (χ4n) is 0.395. The summed E-state index contributed by atoms with van der Waals surface area (Å²) in [5.74, 6) is -1.03. The highest BCUT2D eigenvalue weighted by atomic mass is 16.7. The van der Waals surface area contributed by atoms with Gasteiger partial charge in [-0.2, -0.15) is 0 Å². The number of rotatable bonds is 0. The highest BCUT2D eigenvalue weighted by molar-refractivity contribution is 5.58. The van der Waals surface area contributed by atoms with Crippen molar-refractivity contribution in [2.75, 3.05) is 0 Å². The molecule has 1 N–H and O–H groups in total. The molecule has 0 aliphatic carbocycles. The Bertz CT molecular complexity index is 87.9. The van der Waals surface area contributed by atoms with Crippen LogP contribution in [-0.4, -0.2) is 17.1 Å². The first kappa shape index (κ1) is 4.59. The molecule has 1 unspecified atom stereocenters. The molecule has 1 heterocycles. The lowest BCUT2D eigenvalue weighted by atomic mass is 10.3. The van der Waals surface area contributed by atoms with Gasteiger partial charge in [-0.3, -0.25) is 0 Å². The second-order valence-corrected chi connectivity index (χ2v) is 1.76. The fourth-order valence-corrected chi connectivity index (χ4v) is 0.395. The van der Waals surface area contributed by atoms with Crippen molar-refractivity contribution in [3.8, 4) is 0 Å². The van der Waals surface area contributed by atoms with E-state index in [-0.39, 0.29) is 0 Å². The molecule has 1 atom stereocenters. The molecule has 0 fully saturated rings. The van der Waals surface area contributed by atoms with Crippen LogP contribution in [0.15, 0.2) is 5.16 Å². The minimum atomic E-state index is -1.03. The summed E-state index contributed by atoms with van der Waals surface area (Å²) >= 11 is 0. The molecule has 0 aromatic heterocycles. The van der Waals surface area contributed by atoms with E-state index in [0.29, 0.717) is 6.42 Å². The van der Waals surface area contributed by atoms with Crippen molar-refractivity contribution < 1.29 is 9.94 Å². The SMILES string of the molecule is CC1(O)CC=NO1. The van der Waals surface area contributed by atoms with Gasteiger partial charge in [0.15, 0.2) is 0 Å². The monoisotopic (exact) mass is 101 g/mol. The molecule has 0 radical (unpaired) electrons. The topological polar surface area (TPSA) is 41.8 Å². The van der Waals surface area contributed by atoms with Gasteiger partial charge in [0.1, 0.15) is 0 Å². The van der Waals surface area contributed by atoms with E-state index in [2.05, 4.69) is 9.99 Å². The molecule has 1 rings (SSSR count). The molecule has 0 saturated carbocycles. The van der Waals surface area contributed by atoms with E-state index in [1.807, 2.05) is 0 Å². The van der Waals surface area contributed by atoms with Crippen LogP contribution >= 0.6 is 0 Å². The molecule has 1 aliphatic heterocycles.